The smallest absolute Gasteiger partial charge is 0.103 e. The minimum atomic E-state index is 0.867. The maximum Gasteiger partial charge on any atom is 0.103 e. The van der Waals surface area contributed by atoms with Gasteiger partial charge in [0, 0.05) is 18.4 Å². The summed E-state index contributed by atoms with van der Waals surface area (Å²) in [6.45, 7) is 14.0. The monoisotopic (exact) mass is 285 g/mol. The summed E-state index contributed by atoms with van der Waals surface area (Å²) < 4.78 is 0. The first-order valence-corrected chi connectivity index (χ1v) is 7.61. The van der Waals surface area contributed by atoms with Crippen LogP contribution in [0.3, 0.4) is 0 Å². The summed E-state index contributed by atoms with van der Waals surface area (Å²) >= 11 is 0. The molecule has 0 saturated carbocycles. The van der Waals surface area contributed by atoms with E-state index < -0.39 is 0 Å². The Hall–Kier alpha value is -1.87. The van der Waals surface area contributed by atoms with E-state index in [9.17, 15) is 0 Å². The molecule has 0 amide bonds. The Morgan fingerprint density at radius 3 is 2.57 bits per heavy atom. The normalized spacial score (nSPS) is 17.2. The van der Waals surface area contributed by atoms with Gasteiger partial charge in [-0.05, 0) is 50.1 Å². The van der Waals surface area contributed by atoms with Gasteiger partial charge in [0.1, 0.15) is 5.84 Å². The SMILES string of the molecule is C=C1CNCC/C1=C/N=C(C)Nc1ccc(C)cc1.CC. The Labute approximate surface area is 128 Å². The zero-order chi connectivity index (χ0) is 15.7. The lowest BCUT2D eigenvalue weighted by atomic mass is 10.0. The molecule has 0 aliphatic carbocycles. The van der Waals surface area contributed by atoms with Gasteiger partial charge in [0.15, 0.2) is 0 Å². The summed E-state index contributed by atoms with van der Waals surface area (Å²) in [7, 11) is 0. The molecule has 1 aliphatic heterocycles. The topological polar surface area (TPSA) is 36.4 Å². The largest absolute Gasteiger partial charge is 0.344 e. The van der Waals surface area contributed by atoms with Crippen molar-refractivity contribution in [1.29, 1.82) is 0 Å². The fourth-order valence-electron chi connectivity index (χ4n) is 1.96. The van der Waals surface area contributed by atoms with Crippen molar-refractivity contribution in [3.63, 3.8) is 0 Å². The summed E-state index contributed by atoms with van der Waals surface area (Å²) in [6.07, 6.45) is 2.93. The number of amidine groups is 1. The van der Waals surface area contributed by atoms with Gasteiger partial charge < -0.3 is 10.6 Å². The molecule has 1 heterocycles. The first-order chi connectivity index (χ1) is 10.1. The zero-order valence-corrected chi connectivity index (χ0v) is 13.7. The Balaban J connectivity index is 0.00000106. The van der Waals surface area contributed by atoms with Gasteiger partial charge in [-0.25, -0.2) is 4.99 Å². The third kappa shape index (κ3) is 5.96. The minimum absolute atomic E-state index is 0.867. The molecule has 3 heteroatoms. The Bertz CT molecular complexity index is 510. The van der Waals surface area contributed by atoms with Gasteiger partial charge in [-0.1, -0.05) is 38.1 Å². The summed E-state index contributed by atoms with van der Waals surface area (Å²) in [6, 6.07) is 8.29. The average Bonchev–Trinajstić information content (AvgIpc) is 2.51. The Kier molecular flexibility index (Phi) is 7.48. The van der Waals surface area contributed by atoms with Crippen molar-refractivity contribution in [1.82, 2.24) is 5.32 Å². The summed E-state index contributed by atoms with van der Waals surface area (Å²) in [5.41, 5.74) is 4.70. The predicted molar refractivity (Wildman–Crippen MR) is 94.0 cm³/mol. The Morgan fingerprint density at radius 2 is 1.95 bits per heavy atom. The molecule has 21 heavy (non-hydrogen) atoms. The third-order valence-corrected chi connectivity index (χ3v) is 3.15. The average molecular weight is 285 g/mol. The number of nitrogens with zero attached hydrogens (tertiary/aromatic N) is 1. The van der Waals surface area contributed by atoms with Crippen molar-refractivity contribution in [2.75, 3.05) is 18.4 Å². The lowest BCUT2D eigenvalue weighted by Crippen LogP contribution is -2.25. The first-order valence-electron chi connectivity index (χ1n) is 7.61. The number of aryl methyl sites for hydroxylation is 1. The standard InChI is InChI=1S/C16H21N3.C2H6/c1-12-4-6-16(7-5-12)19-14(3)18-11-15-8-9-17-10-13(15)2;1-2/h4-7,11,17H,2,8-10H2,1,3H3,(H,18,19);1-2H3/b15-11-;. The van der Waals surface area contributed by atoms with Crippen molar-refractivity contribution < 1.29 is 0 Å². The van der Waals surface area contributed by atoms with E-state index >= 15 is 0 Å². The number of aliphatic imine (C=N–C) groups is 1. The van der Waals surface area contributed by atoms with Crippen LogP contribution in [-0.4, -0.2) is 18.9 Å². The molecule has 0 bridgehead atoms. The molecule has 1 aliphatic rings. The lowest BCUT2D eigenvalue weighted by molar-refractivity contribution is 0.683. The maximum atomic E-state index is 4.47. The van der Waals surface area contributed by atoms with Gasteiger partial charge in [0.25, 0.3) is 0 Å². The van der Waals surface area contributed by atoms with E-state index in [2.05, 4.69) is 53.4 Å². The highest BCUT2D eigenvalue weighted by Crippen LogP contribution is 2.15. The molecule has 1 saturated heterocycles. The molecule has 0 radical (unpaired) electrons. The summed E-state index contributed by atoms with van der Waals surface area (Å²) in [5, 5.41) is 6.58. The van der Waals surface area contributed by atoms with E-state index in [1.807, 2.05) is 27.0 Å². The van der Waals surface area contributed by atoms with Crippen molar-refractivity contribution >= 4 is 11.5 Å². The molecule has 1 aromatic rings. The Morgan fingerprint density at radius 1 is 1.29 bits per heavy atom. The molecule has 1 fully saturated rings. The van der Waals surface area contributed by atoms with Crippen LogP contribution in [0.25, 0.3) is 0 Å². The fraction of sp³-hybridized carbons (Fsp3) is 0.389. The molecule has 0 atom stereocenters. The van der Waals surface area contributed by atoms with Gasteiger partial charge >= 0.3 is 0 Å². The van der Waals surface area contributed by atoms with Crippen molar-refractivity contribution in [3.8, 4) is 0 Å². The van der Waals surface area contributed by atoms with E-state index in [4.69, 9.17) is 0 Å². The van der Waals surface area contributed by atoms with Crippen LogP contribution in [-0.2, 0) is 0 Å². The number of hydrogen-bond donors (Lipinski definition) is 2. The number of hydrogen-bond acceptors (Lipinski definition) is 2. The van der Waals surface area contributed by atoms with E-state index in [0.29, 0.717) is 0 Å². The highest BCUT2D eigenvalue weighted by atomic mass is 15.0. The highest BCUT2D eigenvalue weighted by molar-refractivity contribution is 5.93. The first kappa shape index (κ1) is 17.2. The van der Waals surface area contributed by atoms with Crippen LogP contribution in [0.5, 0.6) is 0 Å². The van der Waals surface area contributed by atoms with Crippen LogP contribution in [0.2, 0.25) is 0 Å². The van der Waals surface area contributed by atoms with Crippen LogP contribution in [0.15, 0.2) is 53.2 Å². The van der Waals surface area contributed by atoms with E-state index in [1.54, 1.807) is 0 Å². The van der Waals surface area contributed by atoms with Gasteiger partial charge in [-0.15, -0.1) is 0 Å². The molecular formula is C18H27N3. The number of nitrogens with one attached hydrogen (secondary N) is 2. The van der Waals surface area contributed by atoms with E-state index in [1.165, 1.54) is 11.1 Å². The molecule has 1 aromatic carbocycles. The quantitative estimate of drug-likeness (QED) is 0.628. The number of piperidine rings is 1. The van der Waals surface area contributed by atoms with Crippen LogP contribution >= 0.6 is 0 Å². The minimum Gasteiger partial charge on any atom is -0.344 e. The van der Waals surface area contributed by atoms with Crippen LogP contribution in [0, 0.1) is 6.92 Å². The van der Waals surface area contributed by atoms with Gasteiger partial charge in [0.05, 0.1) is 0 Å². The molecule has 0 spiro atoms. The van der Waals surface area contributed by atoms with Crippen molar-refractivity contribution in [3.05, 3.63) is 53.8 Å². The molecule has 114 valence electrons. The predicted octanol–water partition coefficient (Wildman–Crippen LogP) is 4.28. The molecule has 0 aromatic heterocycles. The fourth-order valence-corrected chi connectivity index (χ4v) is 1.96. The second-order valence-electron chi connectivity index (χ2n) is 4.89. The van der Waals surface area contributed by atoms with Crippen LogP contribution in [0.1, 0.15) is 32.8 Å². The second-order valence-corrected chi connectivity index (χ2v) is 4.89. The van der Waals surface area contributed by atoms with Crippen LogP contribution in [0.4, 0.5) is 5.69 Å². The number of rotatable bonds is 2. The third-order valence-electron chi connectivity index (χ3n) is 3.15. The molecule has 2 N–H and O–H groups in total. The number of benzene rings is 1. The van der Waals surface area contributed by atoms with Gasteiger partial charge in [-0.2, -0.15) is 0 Å². The van der Waals surface area contributed by atoms with Gasteiger partial charge in [-0.3, -0.25) is 0 Å². The zero-order valence-electron chi connectivity index (χ0n) is 13.7. The highest BCUT2D eigenvalue weighted by Gasteiger charge is 2.07. The summed E-state index contributed by atoms with van der Waals surface area (Å²) in [5.74, 6) is 0.891. The number of anilines is 1. The van der Waals surface area contributed by atoms with Crippen molar-refractivity contribution in [2.45, 2.75) is 34.1 Å². The van der Waals surface area contributed by atoms with Gasteiger partial charge in [0.2, 0.25) is 0 Å². The molecule has 0 unspecified atom stereocenters. The second kappa shape index (κ2) is 9.14. The molecule has 2 rings (SSSR count). The van der Waals surface area contributed by atoms with Crippen molar-refractivity contribution in [2.24, 2.45) is 4.99 Å². The van der Waals surface area contributed by atoms with E-state index in [-0.39, 0.29) is 0 Å². The lowest BCUT2D eigenvalue weighted by Gasteiger charge is -2.17. The maximum absolute atomic E-state index is 4.47. The van der Waals surface area contributed by atoms with E-state index in [0.717, 1.165) is 36.6 Å². The van der Waals surface area contributed by atoms with Crippen LogP contribution < -0.4 is 10.6 Å². The summed E-state index contributed by atoms with van der Waals surface area (Å²) in [4.78, 5) is 4.47. The molecular weight excluding hydrogens is 258 g/mol. The molecule has 3 nitrogen and oxygen atoms in total.